The van der Waals surface area contributed by atoms with Crippen molar-refractivity contribution in [3.8, 4) is 5.88 Å². The average Bonchev–Trinajstić information content (AvgIpc) is 2.53. The van der Waals surface area contributed by atoms with Gasteiger partial charge in [0.2, 0.25) is 5.88 Å². The molecular formula is C15H16ClN3O2. The molecule has 21 heavy (non-hydrogen) atoms. The fraction of sp³-hybridized carbons (Fsp3) is 0.200. The van der Waals surface area contributed by atoms with Crippen LogP contribution in [0.15, 0.2) is 47.8 Å². The highest BCUT2D eigenvalue weighted by molar-refractivity contribution is 6.35. The number of halogens is 1. The average molecular weight is 306 g/mol. The van der Waals surface area contributed by atoms with Gasteiger partial charge in [-0.1, -0.05) is 47.1 Å². The molecule has 0 spiro atoms. The topological polar surface area (TPSA) is 80.7 Å². The van der Waals surface area contributed by atoms with Gasteiger partial charge in [-0.15, -0.1) is 0 Å². The van der Waals surface area contributed by atoms with Crippen LogP contribution in [-0.4, -0.2) is 22.6 Å². The van der Waals surface area contributed by atoms with E-state index >= 15 is 0 Å². The first kappa shape index (κ1) is 15.1. The Morgan fingerprint density at radius 1 is 1.29 bits per heavy atom. The molecule has 0 radical (unpaired) electrons. The molecule has 0 amide bonds. The normalized spacial score (nSPS) is 11.4. The van der Waals surface area contributed by atoms with Crippen LogP contribution in [0.3, 0.4) is 0 Å². The van der Waals surface area contributed by atoms with E-state index in [1.807, 2.05) is 18.2 Å². The molecule has 0 aliphatic heterocycles. The van der Waals surface area contributed by atoms with Gasteiger partial charge >= 0.3 is 0 Å². The highest BCUT2D eigenvalue weighted by atomic mass is 35.5. The number of nitrogens with two attached hydrogens (primary N) is 1. The number of pyridine rings is 1. The first-order valence-electron chi connectivity index (χ1n) is 6.51. The van der Waals surface area contributed by atoms with Gasteiger partial charge in [0, 0.05) is 11.8 Å². The van der Waals surface area contributed by atoms with Gasteiger partial charge in [0.25, 0.3) is 0 Å². The van der Waals surface area contributed by atoms with Crippen LogP contribution in [0.25, 0.3) is 0 Å². The molecule has 0 aliphatic carbocycles. The van der Waals surface area contributed by atoms with Crippen LogP contribution in [0.5, 0.6) is 5.88 Å². The first-order chi connectivity index (χ1) is 10.2. The Morgan fingerprint density at radius 2 is 2.05 bits per heavy atom. The Hall–Kier alpha value is -2.27. The maximum Gasteiger partial charge on any atom is 0.233 e. The molecule has 3 N–H and O–H groups in total. The first-order valence-corrected chi connectivity index (χ1v) is 6.89. The van der Waals surface area contributed by atoms with Crippen LogP contribution in [0, 0.1) is 0 Å². The molecule has 0 unspecified atom stereocenters. The zero-order chi connectivity index (χ0) is 15.1. The molecule has 2 aromatic rings. The largest absolute Gasteiger partial charge is 0.477 e. The lowest BCUT2D eigenvalue weighted by Gasteiger charge is -2.09. The van der Waals surface area contributed by atoms with Crippen LogP contribution in [-0.2, 0) is 6.42 Å². The Bertz CT molecular complexity index is 618. The van der Waals surface area contributed by atoms with Crippen LogP contribution in [0.1, 0.15) is 17.5 Å². The van der Waals surface area contributed by atoms with Gasteiger partial charge in [0.1, 0.15) is 5.02 Å². The highest BCUT2D eigenvalue weighted by Gasteiger charge is 2.12. The van der Waals surface area contributed by atoms with E-state index in [0.29, 0.717) is 12.2 Å². The maximum absolute atomic E-state index is 8.69. The van der Waals surface area contributed by atoms with Gasteiger partial charge in [0.05, 0.1) is 6.61 Å². The van der Waals surface area contributed by atoms with E-state index in [2.05, 4.69) is 22.3 Å². The summed E-state index contributed by atoms with van der Waals surface area (Å²) in [5.41, 5.74) is 7.18. The molecular weight excluding hydrogens is 290 g/mol. The number of aryl methyl sites for hydroxylation is 1. The SMILES string of the molecule is N/C(=N/O)c1ccnc(OCCCc2ccccc2)c1Cl. The van der Waals surface area contributed by atoms with Gasteiger partial charge in [0.15, 0.2) is 5.84 Å². The summed E-state index contributed by atoms with van der Waals surface area (Å²) in [6.45, 7) is 0.487. The molecule has 2 rings (SSSR count). The highest BCUT2D eigenvalue weighted by Crippen LogP contribution is 2.25. The minimum absolute atomic E-state index is 0.0727. The molecule has 1 aromatic carbocycles. The number of oxime groups is 1. The van der Waals surface area contributed by atoms with Crippen LogP contribution < -0.4 is 10.5 Å². The zero-order valence-electron chi connectivity index (χ0n) is 11.4. The Labute approximate surface area is 128 Å². The summed E-state index contributed by atoms with van der Waals surface area (Å²) in [5, 5.41) is 11.9. The summed E-state index contributed by atoms with van der Waals surface area (Å²) >= 11 is 6.12. The number of benzene rings is 1. The lowest BCUT2D eigenvalue weighted by molar-refractivity contribution is 0.299. The van der Waals surface area contributed by atoms with E-state index in [4.69, 9.17) is 27.3 Å². The van der Waals surface area contributed by atoms with Crippen molar-refractivity contribution in [3.05, 3.63) is 58.7 Å². The smallest absolute Gasteiger partial charge is 0.233 e. The monoisotopic (exact) mass is 305 g/mol. The van der Waals surface area contributed by atoms with E-state index < -0.39 is 0 Å². The predicted molar refractivity (Wildman–Crippen MR) is 82.0 cm³/mol. The quantitative estimate of drug-likeness (QED) is 0.283. The number of ether oxygens (including phenoxy) is 1. The maximum atomic E-state index is 8.69. The third-order valence-corrected chi connectivity index (χ3v) is 3.30. The summed E-state index contributed by atoms with van der Waals surface area (Å²) in [5.74, 6) is 0.213. The molecule has 1 aromatic heterocycles. The standard InChI is InChI=1S/C15H16ClN3O2/c16-13-12(14(17)19-20)8-9-18-15(13)21-10-4-7-11-5-2-1-3-6-11/h1-3,5-6,8-9,20H,4,7,10H2,(H2,17,19). The molecule has 0 atom stereocenters. The van der Waals surface area contributed by atoms with Crippen LogP contribution in [0.4, 0.5) is 0 Å². The van der Waals surface area contributed by atoms with Gasteiger partial charge in [-0.2, -0.15) is 0 Å². The second-order valence-electron chi connectivity index (χ2n) is 4.40. The summed E-state index contributed by atoms with van der Waals surface area (Å²) in [7, 11) is 0. The number of hydrogen-bond acceptors (Lipinski definition) is 4. The zero-order valence-corrected chi connectivity index (χ0v) is 12.1. The summed E-state index contributed by atoms with van der Waals surface area (Å²) in [6, 6.07) is 11.7. The van der Waals surface area contributed by atoms with Gasteiger partial charge in [-0.3, -0.25) is 0 Å². The molecule has 0 aliphatic rings. The van der Waals surface area contributed by atoms with Gasteiger partial charge < -0.3 is 15.7 Å². The lowest BCUT2D eigenvalue weighted by Crippen LogP contribution is -2.14. The van der Waals surface area contributed by atoms with E-state index in [9.17, 15) is 0 Å². The number of amidine groups is 1. The van der Waals surface area contributed by atoms with Gasteiger partial charge in [-0.25, -0.2) is 4.98 Å². The summed E-state index contributed by atoms with van der Waals surface area (Å²) in [4.78, 5) is 4.05. The molecule has 0 saturated carbocycles. The third-order valence-electron chi connectivity index (χ3n) is 2.93. The van der Waals surface area contributed by atoms with Crippen molar-refractivity contribution >= 4 is 17.4 Å². The van der Waals surface area contributed by atoms with Crippen LogP contribution >= 0.6 is 11.6 Å². The van der Waals surface area contributed by atoms with Gasteiger partial charge in [-0.05, 0) is 24.5 Å². The van der Waals surface area contributed by atoms with Crippen molar-refractivity contribution in [2.45, 2.75) is 12.8 Å². The van der Waals surface area contributed by atoms with Crippen molar-refractivity contribution < 1.29 is 9.94 Å². The summed E-state index contributed by atoms with van der Waals surface area (Å²) < 4.78 is 5.56. The van der Waals surface area contributed by atoms with Crippen molar-refractivity contribution in [2.24, 2.45) is 10.9 Å². The minimum atomic E-state index is -0.0727. The molecule has 0 saturated heterocycles. The number of nitrogens with zero attached hydrogens (tertiary/aromatic N) is 2. The Kier molecular flexibility index (Phi) is 5.40. The predicted octanol–water partition coefficient (Wildman–Crippen LogP) is 2.84. The summed E-state index contributed by atoms with van der Waals surface area (Å²) in [6.07, 6.45) is 3.26. The second-order valence-corrected chi connectivity index (χ2v) is 4.78. The minimum Gasteiger partial charge on any atom is -0.477 e. The van der Waals surface area contributed by atoms with E-state index in [1.165, 1.54) is 11.8 Å². The van der Waals surface area contributed by atoms with Crippen LogP contribution in [0.2, 0.25) is 5.02 Å². The molecule has 0 fully saturated rings. The van der Waals surface area contributed by atoms with E-state index in [0.717, 1.165) is 12.8 Å². The van der Waals surface area contributed by atoms with Crippen molar-refractivity contribution in [3.63, 3.8) is 0 Å². The second kappa shape index (κ2) is 7.50. The Balaban J connectivity index is 1.92. The molecule has 6 heteroatoms. The molecule has 1 heterocycles. The molecule has 110 valence electrons. The fourth-order valence-corrected chi connectivity index (χ4v) is 2.13. The fourth-order valence-electron chi connectivity index (χ4n) is 1.87. The Morgan fingerprint density at radius 3 is 2.76 bits per heavy atom. The van der Waals surface area contributed by atoms with E-state index in [-0.39, 0.29) is 16.7 Å². The molecule has 5 nitrogen and oxygen atoms in total. The molecule has 0 bridgehead atoms. The number of hydrogen-bond donors (Lipinski definition) is 2. The van der Waals surface area contributed by atoms with E-state index in [1.54, 1.807) is 6.07 Å². The van der Waals surface area contributed by atoms with Crippen molar-refractivity contribution in [1.29, 1.82) is 0 Å². The van der Waals surface area contributed by atoms with Crippen molar-refractivity contribution in [2.75, 3.05) is 6.61 Å². The number of aromatic nitrogens is 1. The lowest BCUT2D eigenvalue weighted by atomic mass is 10.1. The van der Waals surface area contributed by atoms with Crippen molar-refractivity contribution in [1.82, 2.24) is 4.98 Å². The number of rotatable bonds is 6. The third kappa shape index (κ3) is 4.10.